The topological polar surface area (TPSA) is 48.1 Å². The van der Waals surface area contributed by atoms with Crippen molar-refractivity contribution in [3.05, 3.63) is 22.3 Å². The molecule has 2 rings (SSSR count). The van der Waals surface area contributed by atoms with Gasteiger partial charge in [0.2, 0.25) is 0 Å². The van der Waals surface area contributed by atoms with Gasteiger partial charge in [0, 0.05) is 6.61 Å². The Labute approximate surface area is 98.2 Å². The van der Waals surface area contributed by atoms with E-state index in [0.29, 0.717) is 17.8 Å². The Hall–Kier alpha value is -0.610. The highest BCUT2D eigenvalue weighted by Crippen LogP contribution is 2.33. The van der Waals surface area contributed by atoms with E-state index >= 15 is 0 Å². The maximum Gasteiger partial charge on any atom is 0.124 e. The van der Waals surface area contributed by atoms with E-state index in [1.807, 2.05) is 6.07 Å². The molecule has 1 aromatic heterocycles. The van der Waals surface area contributed by atoms with Crippen molar-refractivity contribution in [2.45, 2.75) is 31.8 Å². The molecule has 0 spiro atoms. The summed E-state index contributed by atoms with van der Waals surface area (Å²) in [6.07, 6.45) is 2.46. The number of nitrogens with zero attached hydrogens (tertiary/aromatic N) is 1. The van der Waals surface area contributed by atoms with Crippen LogP contribution in [-0.4, -0.2) is 17.7 Å². The van der Waals surface area contributed by atoms with E-state index < -0.39 is 0 Å². The number of halogens is 1. The summed E-state index contributed by atoms with van der Waals surface area (Å²) >= 11 is 3.47. The van der Waals surface area contributed by atoms with Crippen molar-refractivity contribution < 1.29 is 4.74 Å². The number of anilines is 1. The molecule has 1 saturated heterocycles. The SMILES string of the molecule is CC1CC(c2ccc(N)nc2Br)CCO1. The summed E-state index contributed by atoms with van der Waals surface area (Å²) in [5.41, 5.74) is 6.87. The number of aromatic nitrogens is 1. The van der Waals surface area contributed by atoms with Crippen LogP contribution in [0.2, 0.25) is 0 Å². The third-order valence-electron chi connectivity index (χ3n) is 2.82. The molecular formula is C11H15BrN2O. The van der Waals surface area contributed by atoms with Crippen LogP contribution in [0.1, 0.15) is 31.2 Å². The lowest BCUT2D eigenvalue weighted by atomic mass is 9.90. The molecule has 3 nitrogen and oxygen atoms in total. The summed E-state index contributed by atoms with van der Waals surface area (Å²) in [5, 5.41) is 0. The van der Waals surface area contributed by atoms with Crippen LogP contribution in [0.15, 0.2) is 16.7 Å². The molecule has 0 saturated carbocycles. The molecule has 2 N–H and O–H groups in total. The second-order valence-electron chi connectivity index (χ2n) is 4.02. The molecule has 2 atom stereocenters. The minimum absolute atomic E-state index is 0.341. The van der Waals surface area contributed by atoms with Gasteiger partial charge in [-0.3, -0.25) is 0 Å². The van der Waals surface area contributed by atoms with Crippen molar-refractivity contribution in [1.82, 2.24) is 4.98 Å². The molecule has 1 aliphatic heterocycles. The predicted octanol–water partition coefficient (Wildman–Crippen LogP) is 2.71. The minimum atomic E-state index is 0.341. The highest BCUT2D eigenvalue weighted by molar-refractivity contribution is 9.10. The number of hydrogen-bond acceptors (Lipinski definition) is 3. The van der Waals surface area contributed by atoms with E-state index in [-0.39, 0.29) is 0 Å². The second-order valence-corrected chi connectivity index (χ2v) is 4.77. The molecule has 0 aliphatic carbocycles. The maximum absolute atomic E-state index is 5.62. The molecule has 4 heteroatoms. The molecule has 82 valence electrons. The molecule has 0 aromatic carbocycles. The summed E-state index contributed by atoms with van der Waals surface area (Å²) in [7, 11) is 0. The van der Waals surface area contributed by atoms with Crippen molar-refractivity contribution >= 4 is 21.7 Å². The van der Waals surface area contributed by atoms with Gasteiger partial charge < -0.3 is 10.5 Å². The number of nitrogen functional groups attached to an aromatic ring is 1. The average molecular weight is 271 g/mol. The fourth-order valence-electron chi connectivity index (χ4n) is 2.04. The second kappa shape index (κ2) is 4.49. The summed E-state index contributed by atoms with van der Waals surface area (Å²) in [6.45, 7) is 2.95. The molecule has 15 heavy (non-hydrogen) atoms. The van der Waals surface area contributed by atoms with Crippen LogP contribution in [-0.2, 0) is 4.74 Å². The predicted molar refractivity (Wildman–Crippen MR) is 63.7 cm³/mol. The monoisotopic (exact) mass is 270 g/mol. The Morgan fingerprint density at radius 1 is 1.53 bits per heavy atom. The standard InChI is InChI=1S/C11H15BrN2O/c1-7-6-8(4-5-15-7)9-2-3-10(13)14-11(9)12/h2-3,7-8H,4-6H2,1H3,(H2,13,14). The highest BCUT2D eigenvalue weighted by atomic mass is 79.9. The normalized spacial score (nSPS) is 26.5. The maximum atomic E-state index is 5.62. The fraction of sp³-hybridized carbons (Fsp3) is 0.545. The number of ether oxygens (including phenoxy) is 1. The van der Waals surface area contributed by atoms with Crippen LogP contribution in [0.4, 0.5) is 5.82 Å². The lowest BCUT2D eigenvalue weighted by Crippen LogP contribution is -2.22. The molecule has 1 aromatic rings. The van der Waals surface area contributed by atoms with Gasteiger partial charge in [0.25, 0.3) is 0 Å². The van der Waals surface area contributed by atoms with Crippen LogP contribution in [0.5, 0.6) is 0 Å². The Morgan fingerprint density at radius 3 is 3.00 bits per heavy atom. The van der Waals surface area contributed by atoms with Crippen LogP contribution in [0.25, 0.3) is 0 Å². The van der Waals surface area contributed by atoms with Gasteiger partial charge in [-0.1, -0.05) is 6.07 Å². The molecule has 1 fully saturated rings. The first-order chi connectivity index (χ1) is 7.16. The third-order valence-corrected chi connectivity index (χ3v) is 3.46. The Morgan fingerprint density at radius 2 is 2.33 bits per heavy atom. The Bertz CT molecular complexity index is 356. The van der Waals surface area contributed by atoms with Crippen molar-refractivity contribution in [2.75, 3.05) is 12.3 Å². The summed E-state index contributed by atoms with van der Waals surface area (Å²) in [6, 6.07) is 3.93. The van der Waals surface area contributed by atoms with Gasteiger partial charge >= 0.3 is 0 Å². The summed E-state index contributed by atoms with van der Waals surface area (Å²) < 4.78 is 6.41. The average Bonchev–Trinajstić information content (AvgIpc) is 2.17. The first-order valence-electron chi connectivity index (χ1n) is 5.20. The summed E-state index contributed by atoms with van der Waals surface area (Å²) in [5.74, 6) is 1.10. The van der Waals surface area contributed by atoms with Crippen LogP contribution in [0.3, 0.4) is 0 Å². The Kier molecular flexibility index (Phi) is 3.26. The molecule has 0 bridgehead atoms. The number of hydrogen-bond donors (Lipinski definition) is 1. The van der Waals surface area contributed by atoms with Crippen molar-refractivity contribution in [3.8, 4) is 0 Å². The van der Waals surface area contributed by atoms with Gasteiger partial charge in [-0.15, -0.1) is 0 Å². The van der Waals surface area contributed by atoms with E-state index in [0.717, 1.165) is 24.1 Å². The molecular weight excluding hydrogens is 256 g/mol. The number of pyridine rings is 1. The molecule has 0 radical (unpaired) electrons. The highest BCUT2D eigenvalue weighted by Gasteiger charge is 2.22. The van der Waals surface area contributed by atoms with E-state index in [2.05, 4.69) is 33.9 Å². The van der Waals surface area contributed by atoms with E-state index in [9.17, 15) is 0 Å². The smallest absolute Gasteiger partial charge is 0.124 e. The van der Waals surface area contributed by atoms with Gasteiger partial charge in [0.1, 0.15) is 10.4 Å². The number of rotatable bonds is 1. The van der Waals surface area contributed by atoms with Crippen molar-refractivity contribution in [1.29, 1.82) is 0 Å². The minimum Gasteiger partial charge on any atom is -0.384 e. The Balaban J connectivity index is 2.21. The van der Waals surface area contributed by atoms with Gasteiger partial charge in [-0.05, 0) is 53.2 Å². The molecule has 1 aliphatic rings. The largest absolute Gasteiger partial charge is 0.384 e. The lowest BCUT2D eigenvalue weighted by molar-refractivity contribution is 0.0185. The zero-order valence-corrected chi connectivity index (χ0v) is 10.3. The van der Waals surface area contributed by atoms with Crippen LogP contribution >= 0.6 is 15.9 Å². The fourth-order valence-corrected chi connectivity index (χ4v) is 2.70. The zero-order valence-electron chi connectivity index (χ0n) is 8.74. The summed E-state index contributed by atoms with van der Waals surface area (Å²) in [4.78, 5) is 4.23. The van der Waals surface area contributed by atoms with Gasteiger partial charge in [-0.25, -0.2) is 4.98 Å². The first-order valence-corrected chi connectivity index (χ1v) is 5.99. The van der Waals surface area contributed by atoms with E-state index in [1.54, 1.807) is 0 Å². The third kappa shape index (κ3) is 2.49. The molecule has 2 heterocycles. The van der Waals surface area contributed by atoms with Crippen LogP contribution in [0, 0.1) is 0 Å². The molecule has 0 amide bonds. The van der Waals surface area contributed by atoms with E-state index in [4.69, 9.17) is 10.5 Å². The van der Waals surface area contributed by atoms with Crippen molar-refractivity contribution in [3.63, 3.8) is 0 Å². The van der Waals surface area contributed by atoms with Gasteiger partial charge in [0.15, 0.2) is 0 Å². The van der Waals surface area contributed by atoms with Gasteiger partial charge in [-0.2, -0.15) is 0 Å². The van der Waals surface area contributed by atoms with Crippen molar-refractivity contribution in [2.24, 2.45) is 0 Å². The quantitative estimate of drug-likeness (QED) is 0.799. The van der Waals surface area contributed by atoms with Gasteiger partial charge in [0.05, 0.1) is 6.10 Å². The lowest BCUT2D eigenvalue weighted by Gasteiger charge is -2.27. The zero-order chi connectivity index (χ0) is 10.8. The van der Waals surface area contributed by atoms with Crippen LogP contribution < -0.4 is 5.73 Å². The van der Waals surface area contributed by atoms with E-state index in [1.165, 1.54) is 5.56 Å². The number of nitrogens with two attached hydrogens (primary N) is 1. The molecule has 2 unspecified atom stereocenters. The first kappa shape index (κ1) is 10.9.